The third-order valence-electron chi connectivity index (χ3n) is 3.66. The highest BCUT2D eigenvalue weighted by atomic mass is 16.3. The molecule has 3 rings (SSSR count). The third kappa shape index (κ3) is 2.42. The lowest BCUT2D eigenvalue weighted by molar-refractivity contribution is 0.244. The molecular formula is C15H20N2O. The molecule has 1 N–H and O–H groups in total. The van der Waals surface area contributed by atoms with Gasteiger partial charge in [-0.15, -0.1) is 0 Å². The Balaban J connectivity index is 1.73. The van der Waals surface area contributed by atoms with Gasteiger partial charge in [-0.2, -0.15) is 0 Å². The number of benzene rings is 1. The summed E-state index contributed by atoms with van der Waals surface area (Å²) >= 11 is 0. The van der Waals surface area contributed by atoms with Crippen molar-refractivity contribution in [3.63, 3.8) is 0 Å². The van der Waals surface area contributed by atoms with E-state index in [1.807, 2.05) is 6.92 Å². The Morgan fingerprint density at radius 3 is 2.94 bits per heavy atom. The van der Waals surface area contributed by atoms with Crippen LogP contribution in [0.25, 0.3) is 11.0 Å². The maximum absolute atomic E-state index is 5.81. The highest BCUT2D eigenvalue weighted by Crippen LogP contribution is 2.23. The van der Waals surface area contributed by atoms with E-state index in [9.17, 15) is 0 Å². The van der Waals surface area contributed by atoms with E-state index in [0.29, 0.717) is 0 Å². The van der Waals surface area contributed by atoms with Gasteiger partial charge in [0.2, 0.25) is 0 Å². The summed E-state index contributed by atoms with van der Waals surface area (Å²) in [5.74, 6) is 1.000. The number of furan rings is 1. The van der Waals surface area contributed by atoms with Crippen molar-refractivity contribution in [2.24, 2.45) is 0 Å². The normalized spacial score (nSPS) is 17.4. The Morgan fingerprint density at radius 2 is 2.11 bits per heavy atom. The van der Waals surface area contributed by atoms with Gasteiger partial charge in [0.05, 0.1) is 0 Å². The lowest BCUT2D eigenvalue weighted by Gasteiger charge is -2.27. The fraction of sp³-hybridized carbons (Fsp3) is 0.467. The van der Waals surface area contributed by atoms with E-state index in [1.54, 1.807) is 0 Å². The molecule has 0 bridgehead atoms. The van der Waals surface area contributed by atoms with Crippen molar-refractivity contribution >= 4 is 11.0 Å². The molecule has 1 fully saturated rings. The van der Waals surface area contributed by atoms with Gasteiger partial charge >= 0.3 is 0 Å². The SMILES string of the molecule is Cc1cc2cccc(CCN3CCNCC3)c2o1. The van der Waals surface area contributed by atoms with Crippen molar-refractivity contribution < 1.29 is 4.42 Å². The van der Waals surface area contributed by atoms with Crippen LogP contribution in [-0.2, 0) is 6.42 Å². The number of rotatable bonds is 3. The topological polar surface area (TPSA) is 28.4 Å². The molecule has 0 saturated carbocycles. The molecule has 1 aromatic heterocycles. The Kier molecular flexibility index (Phi) is 3.35. The Morgan fingerprint density at radius 1 is 1.28 bits per heavy atom. The first-order valence-corrected chi connectivity index (χ1v) is 6.74. The van der Waals surface area contributed by atoms with Gasteiger partial charge in [-0.1, -0.05) is 18.2 Å². The van der Waals surface area contributed by atoms with Gasteiger partial charge < -0.3 is 14.6 Å². The summed E-state index contributed by atoms with van der Waals surface area (Å²) in [6.45, 7) is 7.69. The summed E-state index contributed by atoms with van der Waals surface area (Å²) in [4.78, 5) is 2.52. The first-order chi connectivity index (χ1) is 8.83. The molecule has 0 radical (unpaired) electrons. The maximum Gasteiger partial charge on any atom is 0.137 e. The molecular weight excluding hydrogens is 224 g/mol. The monoisotopic (exact) mass is 244 g/mol. The molecule has 3 heteroatoms. The van der Waals surface area contributed by atoms with Crippen LogP contribution in [0.2, 0.25) is 0 Å². The molecule has 0 atom stereocenters. The van der Waals surface area contributed by atoms with Gasteiger partial charge in [0.1, 0.15) is 11.3 Å². The highest BCUT2D eigenvalue weighted by molar-refractivity contribution is 5.81. The number of nitrogens with zero attached hydrogens (tertiary/aromatic N) is 1. The van der Waals surface area contributed by atoms with E-state index in [1.165, 1.54) is 10.9 Å². The number of nitrogens with one attached hydrogen (secondary N) is 1. The predicted octanol–water partition coefficient (Wildman–Crippen LogP) is 2.19. The third-order valence-corrected chi connectivity index (χ3v) is 3.66. The molecule has 2 aromatic rings. The molecule has 1 aliphatic heterocycles. The molecule has 2 heterocycles. The van der Waals surface area contributed by atoms with Gasteiger partial charge in [-0.05, 0) is 25.0 Å². The van der Waals surface area contributed by atoms with Crippen LogP contribution in [0.1, 0.15) is 11.3 Å². The first kappa shape index (κ1) is 11.8. The fourth-order valence-electron chi connectivity index (χ4n) is 2.66. The zero-order valence-corrected chi connectivity index (χ0v) is 10.9. The number of hydrogen-bond acceptors (Lipinski definition) is 3. The van der Waals surface area contributed by atoms with Gasteiger partial charge in [0, 0.05) is 38.1 Å². The summed E-state index contributed by atoms with van der Waals surface area (Å²) in [6.07, 6.45) is 1.07. The van der Waals surface area contributed by atoms with E-state index in [-0.39, 0.29) is 0 Å². The fourth-order valence-corrected chi connectivity index (χ4v) is 2.66. The minimum Gasteiger partial charge on any atom is -0.461 e. The van der Waals surface area contributed by atoms with Crippen LogP contribution >= 0.6 is 0 Å². The van der Waals surface area contributed by atoms with Crippen LogP contribution < -0.4 is 5.32 Å². The number of hydrogen-bond donors (Lipinski definition) is 1. The smallest absolute Gasteiger partial charge is 0.137 e. The average Bonchev–Trinajstić information content (AvgIpc) is 2.78. The van der Waals surface area contributed by atoms with Crippen molar-refractivity contribution in [2.75, 3.05) is 32.7 Å². The molecule has 0 amide bonds. The Hall–Kier alpha value is -1.32. The minimum absolute atomic E-state index is 1.000. The second-order valence-corrected chi connectivity index (χ2v) is 5.03. The molecule has 18 heavy (non-hydrogen) atoms. The molecule has 3 nitrogen and oxygen atoms in total. The number of para-hydroxylation sites is 1. The molecule has 96 valence electrons. The summed E-state index contributed by atoms with van der Waals surface area (Å²) < 4.78 is 5.81. The zero-order chi connectivity index (χ0) is 12.4. The van der Waals surface area contributed by atoms with Crippen molar-refractivity contribution in [1.29, 1.82) is 0 Å². The molecule has 0 spiro atoms. The summed E-state index contributed by atoms with van der Waals surface area (Å²) in [5, 5.41) is 4.61. The lowest BCUT2D eigenvalue weighted by atomic mass is 10.1. The molecule has 0 unspecified atom stereocenters. The van der Waals surface area contributed by atoms with E-state index in [2.05, 4.69) is 34.5 Å². The first-order valence-electron chi connectivity index (χ1n) is 6.74. The van der Waals surface area contributed by atoms with Gasteiger partial charge in [-0.25, -0.2) is 0 Å². The number of piperazine rings is 1. The van der Waals surface area contributed by atoms with Crippen molar-refractivity contribution in [3.05, 3.63) is 35.6 Å². The van der Waals surface area contributed by atoms with Crippen molar-refractivity contribution in [1.82, 2.24) is 10.2 Å². The summed E-state index contributed by atoms with van der Waals surface area (Å²) in [5.41, 5.74) is 2.41. The van der Waals surface area contributed by atoms with Crippen LogP contribution in [-0.4, -0.2) is 37.6 Å². The average molecular weight is 244 g/mol. The summed E-state index contributed by atoms with van der Waals surface area (Å²) in [7, 11) is 0. The van der Waals surface area contributed by atoms with Gasteiger partial charge in [0.15, 0.2) is 0 Å². The molecule has 1 aromatic carbocycles. The van der Waals surface area contributed by atoms with E-state index in [0.717, 1.165) is 50.5 Å². The number of fused-ring (bicyclic) bond motifs is 1. The minimum atomic E-state index is 1.000. The second kappa shape index (κ2) is 5.12. The van der Waals surface area contributed by atoms with E-state index >= 15 is 0 Å². The van der Waals surface area contributed by atoms with Crippen LogP contribution in [0.5, 0.6) is 0 Å². The van der Waals surface area contributed by atoms with E-state index < -0.39 is 0 Å². The van der Waals surface area contributed by atoms with Crippen LogP contribution in [0.4, 0.5) is 0 Å². The maximum atomic E-state index is 5.81. The largest absolute Gasteiger partial charge is 0.461 e. The van der Waals surface area contributed by atoms with Crippen LogP contribution in [0, 0.1) is 6.92 Å². The van der Waals surface area contributed by atoms with Crippen LogP contribution in [0.3, 0.4) is 0 Å². The lowest BCUT2D eigenvalue weighted by Crippen LogP contribution is -2.44. The Bertz CT molecular complexity index is 526. The predicted molar refractivity (Wildman–Crippen MR) is 74.0 cm³/mol. The summed E-state index contributed by atoms with van der Waals surface area (Å²) in [6, 6.07) is 8.56. The standard InChI is InChI=1S/C15H20N2O/c1-12-11-14-4-2-3-13(15(14)18-12)5-8-17-9-6-16-7-10-17/h2-4,11,16H,5-10H2,1H3. The van der Waals surface area contributed by atoms with Gasteiger partial charge in [-0.3, -0.25) is 0 Å². The van der Waals surface area contributed by atoms with Crippen LogP contribution in [0.15, 0.2) is 28.7 Å². The molecule has 1 aliphatic rings. The van der Waals surface area contributed by atoms with Crippen molar-refractivity contribution in [3.8, 4) is 0 Å². The van der Waals surface area contributed by atoms with E-state index in [4.69, 9.17) is 4.42 Å². The molecule has 1 saturated heterocycles. The number of aryl methyl sites for hydroxylation is 1. The quantitative estimate of drug-likeness (QED) is 0.897. The second-order valence-electron chi connectivity index (χ2n) is 5.03. The highest BCUT2D eigenvalue weighted by Gasteiger charge is 2.11. The zero-order valence-electron chi connectivity index (χ0n) is 10.9. The van der Waals surface area contributed by atoms with Gasteiger partial charge in [0.25, 0.3) is 0 Å². The Labute approximate surface area is 108 Å². The van der Waals surface area contributed by atoms with Crippen molar-refractivity contribution in [2.45, 2.75) is 13.3 Å². The molecule has 0 aliphatic carbocycles.